The van der Waals surface area contributed by atoms with Crippen LogP contribution in [-0.4, -0.2) is 47.5 Å². The summed E-state index contributed by atoms with van der Waals surface area (Å²) in [7, 11) is 0. The molecule has 2 rings (SSSR count). The largest absolute Gasteiger partial charge is 0.455 e. The topological polar surface area (TPSA) is 102 Å². The summed E-state index contributed by atoms with van der Waals surface area (Å²) >= 11 is 0. The number of amides is 2. The highest BCUT2D eigenvalue weighted by Gasteiger charge is 2.16. The Morgan fingerprint density at radius 2 is 1.89 bits per heavy atom. The van der Waals surface area contributed by atoms with Gasteiger partial charge in [0.05, 0.1) is 12.1 Å². The second kappa shape index (κ2) is 9.68. The molecule has 1 N–H and O–H groups in total. The molecule has 1 aromatic carbocycles. The van der Waals surface area contributed by atoms with Gasteiger partial charge in [-0.2, -0.15) is 0 Å². The van der Waals surface area contributed by atoms with Crippen molar-refractivity contribution in [3.05, 3.63) is 46.8 Å². The number of rotatable bonds is 8. The Labute approximate surface area is 163 Å². The number of nitrogens with one attached hydrogen (secondary N) is 1. The summed E-state index contributed by atoms with van der Waals surface area (Å²) < 4.78 is 10.0. The summed E-state index contributed by atoms with van der Waals surface area (Å²) in [4.78, 5) is 38.1. The van der Waals surface area contributed by atoms with Crippen LogP contribution in [0.5, 0.6) is 0 Å². The van der Waals surface area contributed by atoms with Gasteiger partial charge in [-0.3, -0.25) is 14.4 Å². The fourth-order valence-electron chi connectivity index (χ4n) is 2.72. The number of esters is 1. The summed E-state index contributed by atoms with van der Waals surface area (Å²) in [6.45, 7) is 8.05. The van der Waals surface area contributed by atoms with Crippen molar-refractivity contribution in [2.45, 2.75) is 34.1 Å². The Hall–Kier alpha value is -3.16. The van der Waals surface area contributed by atoms with Crippen LogP contribution in [0.4, 0.5) is 5.69 Å². The summed E-state index contributed by atoms with van der Waals surface area (Å²) in [5, 5.41) is 6.41. The molecule has 1 heterocycles. The highest BCUT2D eigenvalue weighted by molar-refractivity contribution is 5.97. The van der Waals surface area contributed by atoms with Crippen LogP contribution in [0.1, 0.15) is 41.2 Å². The molecule has 8 nitrogen and oxygen atoms in total. The third-order valence-electron chi connectivity index (χ3n) is 4.31. The van der Waals surface area contributed by atoms with Crippen molar-refractivity contribution < 1.29 is 23.6 Å². The normalized spacial score (nSPS) is 10.4. The van der Waals surface area contributed by atoms with E-state index in [-0.39, 0.29) is 12.3 Å². The van der Waals surface area contributed by atoms with Gasteiger partial charge < -0.3 is 19.5 Å². The summed E-state index contributed by atoms with van der Waals surface area (Å²) in [5.41, 5.74) is 2.23. The molecule has 0 unspecified atom stereocenters. The van der Waals surface area contributed by atoms with E-state index in [1.807, 2.05) is 13.8 Å². The zero-order chi connectivity index (χ0) is 20.7. The standard InChI is InChI=1S/C20H25N3O5/c1-5-23(6-2)20(26)15-8-7-9-16(10-15)21-18(24)12-27-19(25)11-17-13(3)22-28-14(17)4/h7-10H,5-6,11-12H2,1-4H3,(H,21,24). The smallest absolute Gasteiger partial charge is 0.310 e. The number of hydrogen-bond donors (Lipinski definition) is 1. The van der Waals surface area contributed by atoms with E-state index in [0.29, 0.717) is 41.4 Å². The van der Waals surface area contributed by atoms with Crippen molar-refractivity contribution in [3.8, 4) is 0 Å². The SMILES string of the molecule is CCN(CC)C(=O)c1cccc(NC(=O)COC(=O)Cc2c(C)noc2C)c1. The molecule has 0 saturated carbocycles. The molecule has 0 aliphatic rings. The zero-order valence-corrected chi connectivity index (χ0v) is 16.6. The van der Waals surface area contributed by atoms with Crippen LogP contribution in [0, 0.1) is 13.8 Å². The molecule has 150 valence electrons. The number of anilines is 1. The monoisotopic (exact) mass is 387 g/mol. The number of carbonyl (C=O) groups excluding carboxylic acids is 3. The predicted octanol–water partition coefficient (Wildman–Crippen LogP) is 2.50. The number of nitrogens with zero attached hydrogens (tertiary/aromatic N) is 2. The third kappa shape index (κ3) is 5.42. The summed E-state index contributed by atoms with van der Waals surface area (Å²) in [6, 6.07) is 6.66. The van der Waals surface area contributed by atoms with Gasteiger partial charge in [-0.15, -0.1) is 0 Å². The Morgan fingerprint density at radius 1 is 1.18 bits per heavy atom. The minimum Gasteiger partial charge on any atom is -0.455 e. The minimum atomic E-state index is -0.546. The van der Waals surface area contributed by atoms with E-state index in [1.54, 1.807) is 43.0 Å². The number of aromatic nitrogens is 1. The minimum absolute atomic E-state index is 0.0116. The lowest BCUT2D eigenvalue weighted by Crippen LogP contribution is -2.30. The third-order valence-corrected chi connectivity index (χ3v) is 4.31. The molecule has 0 aliphatic heterocycles. The van der Waals surface area contributed by atoms with Crippen molar-refractivity contribution in [2.75, 3.05) is 25.0 Å². The molecule has 28 heavy (non-hydrogen) atoms. The fraction of sp³-hybridized carbons (Fsp3) is 0.400. The van der Waals surface area contributed by atoms with Crippen LogP contribution in [0.25, 0.3) is 0 Å². The van der Waals surface area contributed by atoms with Gasteiger partial charge in [-0.05, 0) is 45.9 Å². The van der Waals surface area contributed by atoms with Crippen molar-refractivity contribution >= 4 is 23.5 Å². The molecular weight excluding hydrogens is 362 g/mol. The van der Waals surface area contributed by atoms with E-state index in [4.69, 9.17) is 9.26 Å². The highest BCUT2D eigenvalue weighted by Crippen LogP contribution is 2.14. The number of ether oxygens (including phenoxy) is 1. The van der Waals surface area contributed by atoms with Gasteiger partial charge in [0.1, 0.15) is 5.76 Å². The molecule has 2 aromatic rings. The average molecular weight is 387 g/mol. The van der Waals surface area contributed by atoms with E-state index in [2.05, 4.69) is 10.5 Å². The van der Waals surface area contributed by atoms with E-state index < -0.39 is 18.5 Å². The lowest BCUT2D eigenvalue weighted by atomic mass is 10.1. The van der Waals surface area contributed by atoms with Crippen LogP contribution in [0.15, 0.2) is 28.8 Å². The van der Waals surface area contributed by atoms with Crippen LogP contribution in [0.3, 0.4) is 0 Å². The molecule has 0 fully saturated rings. The maximum atomic E-state index is 12.4. The van der Waals surface area contributed by atoms with Crippen LogP contribution >= 0.6 is 0 Å². The molecule has 2 amide bonds. The van der Waals surface area contributed by atoms with Gasteiger partial charge in [0.2, 0.25) is 0 Å². The lowest BCUT2D eigenvalue weighted by molar-refractivity contribution is -0.146. The molecule has 1 aromatic heterocycles. The van der Waals surface area contributed by atoms with Gasteiger partial charge in [0, 0.05) is 29.9 Å². The van der Waals surface area contributed by atoms with Gasteiger partial charge in [0.15, 0.2) is 6.61 Å². The highest BCUT2D eigenvalue weighted by atomic mass is 16.5. The van der Waals surface area contributed by atoms with Crippen molar-refractivity contribution in [1.29, 1.82) is 0 Å². The van der Waals surface area contributed by atoms with Crippen molar-refractivity contribution in [2.24, 2.45) is 0 Å². The molecule has 0 atom stereocenters. The first-order valence-electron chi connectivity index (χ1n) is 9.12. The zero-order valence-electron chi connectivity index (χ0n) is 16.6. The van der Waals surface area contributed by atoms with Crippen LogP contribution in [0.2, 0.25) is 0 Å². The second-order valence-corrected chi connectivity index (χ2v) is 6.25. The molecule has 8 heteroatoms. The number of carbonyl (C=O) groups is 3. The van der Waals surface area contributed by atoms with Gasteiger partial charge in [-0.25, -0.2) is 0 Å². The summed E-state index contributed by atoms with van der Waals surface area (Å²) in [5.74, 6) is -0.588. The Balaban J connectivity index is 1.90. The average Bonchev–Trinajstić information content (AvgIpc) is 2.99. The van der Waals surface area contributed by atoms with E-state index >= 15 is 0 Å². The maximum absolute atomic E-state index is 12.4. The van der Waals surface area contributed by atoms with Gasteiger partial charge in [0.25, 0.3) is 11.8 Å². The first-order chi connectivity index (χ1) is 13.3. The first-order valence-corrected chi connectivity index (χ1v) is 9.12. The van der Waals surface area contributed by atoms with E-state index in [0.717, 1.165) is 0 Å². The Morgan fingerprint density at radius 3 is 2.50 bits per heavy atom. The molecule has 0 bridgehead atoms. The predicted molar refractivity (Wildman–Crippen MR) is 103 cm³/mol. The van der Waals surface area contributed by atoms with Crippen molar-refractivity contribution in [1.82, 2.24) is 10.1 Å². The lowest BCUT2D eigenvalue weighted by Gasteiger charge is -2.19. The Bertz CT molecular complexity index is 836. The van der Waals surface area contributed by atoms with Gasteiger partial charge >= 0.3 is 5.97 Å². The number of hydrogen-bond acceptors (Lipinski definition) is 6. The maximum Gasteiger partial charge on any atom is 0.310 e. The quantitative estimate of drug-likeness (QED) is 0.698. The van der Waals surface area contributed by atoms with E-state index in [9.17, 15) is 14.4 Å². The van der Waals surface area contributed by atoms with E-state index in [1.165, 1.54) is 0 Å². The first kappa shape index (κ1) is 21.1. The van der Waals surface area contributed by atoms with Crippen LogP contribution < -0.4 is 5.32 Å². The number of aryl methyl sites for hydroxylation is 2. The summed E-state index contributed by atoms with van der Waals surface area (Å²) in [6.07, 6.45) is -0.0116. The van der Waals surface area contributed by atoms with Gasteiger partial charge in [-0.1, -0.05) is 11.2 Å². The molecule has 0 spiro atoms. The molecule has 0 aliphatic carbocycles. The fourth-order valence-corrected chi connectivity index (χ4v) is 2.72. The molecule has 0 saturated heterocycles. The van der Waals surface area contributed by atoms with Crippen LogP contribution in [-0.2, 0) is 20.7 Å². The van der Waals surface area contributed by atoms with Crippen molar-refractivity contribution in [3.63, 3.8) is 0 Å². The Kier molecular flexibility index (Phi) is 7.31. The molecular formula is C20H25N3O5. The second-order valence-electron chi connectivity index (χ2n) is 6.25. The molecule has 0 radical (unpaired) electrons. The number of benzene rings is 1.